The first-order chi connectivity index (χ1) is 10.2. The summed E-state index contributed by atoms with van der Waals surface area (Å²) in [5, 5.41) is 5.08. The molecule has 1 atom stereocenters. The second-order valence-corrected chi connectivity index (χ2v) is 4.62. The van der Waals surface area contributed by atoms with E-state index in [0.717, 1.165) is 18.7 Å². The third-order valence-corrected chi connectivity index (χ3v) is 3.31. The molecule has 0 aliphatic carbocycles. The second kappa shape index (κ2) is 7.28. The van der Waals surface area contributed by atoms with Gasteiger partial charge >= 0.3 is 0 Å². The maximum Gasteiger partial charge on any atom is 0.225 e. The Morgan fingerprint density at radius 1 is 1.24 bits per heavy atom. The van der Waals surface area contributed by atoms with Crippen molar-refractivity contribution in [1.29, 1.82) is 0 Å². The number of methoxy groups -OCH3 is 2. The van der Waals surface area contributed by atoms with Crippen molar-refractivity contribution in [2.75, 3.05) is 33.9 Å². The molecule has 0 bridgehead atoms. The topological polar surface area (TPSA) is 55.3 Å². The molecule has 1 N–H and O–H groups in total. The zero-order chi connectivity index (χ0) is 15.2. The fourth-order valence-electron chi connectivity index (χ4n) is 2.21. The summed E-state index contributed by atoms with van der Waals surface area (Å²) in [6.45, 7) is 6.36. The summed E-state index contributed by atoms with van der Waals surface area (Å²) in [5.74, 6) is 2.11. The Kier molecular flexibility index (Phi) is 5.41. The van der Waals surface area contributed by atoms with Crippen LogP contribution in [0.25, 0.3) is 0 Å². The van der Waals surface area contributed by atoms with E-state index in [2.05, 4.69) is 17.2 Å². The monoisotopic (exact) mass is 293 g/mol. The molecule has 1 aromatic rings. The summed E-state index contributed by atoms with van der Waals surface area (Å²) in [4.78, 5) is 10.4. The summed E-state index contributed by atoms with van der Waals surface area (Å²) in [7, 11) is 3.26. The minimum Gasteiger partial charge on any atom is -0.493 e. The molecule has 0 radical (unpaired) electrons. The number of ether oxygens (including phenoxy) is 2. The van der Waals surface area contributed by atoms with Crippen LogP contribution in [0.3, 0.4) is 0 Å². The van der Waals surface area contributed by atoms with E-state index in [1.165, 1.54) is 0 Å². The molecule has 1 aliphatic rings. The van der Waals surface area contributed by atoms with Gasteiger partial charge in [-0.15, -0.1) is 5.06 Å². The number of nitrogens with one attached hydrogen (secondary N) is 1. The Morgan fingerprint density at radius 2 is 2.00 bits per heavy atom. The summed E-state index contributed by atoms with van der Waals surface area (Å²) in [5.41, 5.74) is 1.01. The third-order valence-electron chi connectivity index (χ3n) is 3.31. The van der Waals surface area contributed by atoms with E-state index >= 15 is 0 Å². The minimum atomic E-state index is -0.150. The van der Waals surface area contributed by atoms with E-state index in [4.69, 9.17) is 14.3 Å². The number of rotatable bonds is 7. The number of likely N-dealkylation sites (N-methyl/N-ethyl adjacent to an activating group) is 1. The molecule has 0 amide bonds. The summed E-state index contributed by atoms with van der Waals surface area (Å²) < 4.78 is 10.6. The number of hydrogen-bond acceptors (Lipinski definition) is 6. The SMILES string of the molecule is CCNCC1=N[C@H](c2ccc(OC)c(OC)c2)N(CC)O1. The maximum absolute atomic E-state index is 5.76. The van der Waals surface area contributed by atoms with Gasteiger partial charge in [-0.1, -0.05) is 13.0 Å². The first-order valence-electron chi connectivity index (χ1n) is 7.17. The number of hydrogen-bond donors (Lipinski definition) is 1. The van der Waals surface area contributed by atoms with Crippen LogP contribution in [-0.2, 0) is 4.84 Å². The van der Waals surface area contributed by atoms with Gasteiger partial charge in [-0.2, -0.15) is 0 Å². The fraction of sp³-hybridized carbons (Fsp3) is 0.533. The lowest BCUT2D eigenvalue weighted by Gasteiger charge is -2.20. The lowest BCUT2D eigenvalue weighted by atomic mass is 10.1. The van der Waals surface area contributed by atoms with Gasteiger partial charge in [0.05, 0.1) is 20.8 Å². The average Bonchev–Trinajstić information content (AvgIpc) is 2.95. The number of nitrogens with zero attached hydrogens (tertiary/aromatic N) is 2. The van der Waals surface area contributed by atoms with Crippen LogP contribution in [0.4, 0.5) is 0 Å². The molecule has 6 heteroatoms. The molecule has 2 rings (SSSR count). The predicted octanol–water partition coefficient (Wildman–Crippen LogP) is 1.98. The third kappa shape index (κ3) is 3.46. The van der Waals surface area contributed by atoms with Crippen molar-refractivity contribution in [1.82, 2.24) is 10.4 Å². The Bertz CT molecular complexity index is 505. The number of hydroxylamine groups is 2. The van der Waals surface area contributed by atoms with Gasteiger partial charge in [0.25, 0.3) is 0 Å². The van der Waals surface area contributed by atoms with Crippen molar-refractivity contribution in [3.05, 3.63) is 23.8 Å². The maximum atomic E-state index is 5.76. The molecular weight excluding hydrogens is 270 g/mol. The van der Waals surface area contributed by atoms with Gasteiger partial charge in [0.2, 0.25) is 5.90 Å². The van der Waals surface area contributed by atoms with Crippen molar-refractivity contribution in [2.45, 2.75) is 20.0 Å². The summed E-state index contributed by atoms with van der Waals surface area (Å²) in [6, 6.07) is 5.81. The standard InChI is InChI=1S/C15H23N3O3/c1-5-16-10-14-17-15(18(6-2)21-14)11-7-8-12(19-3)13(9-11)20-4/h7-9,15-16H,5-6,10H2,1-4H3/t15-/m0/s1. The molecule has 6 nitrogen and oxygen atoms in total. The quantitative estimate of drug-likeness (QED) is 0.833. The van der Waals surface area contributed by atoms with Gasteiger partial charge in [0.1, 0.15) is 0 Å². The second-order valence-electron chi connectivity index (χ2n) is 4.62. The number of aliphatic imine (C=N–C) groups is 1. The van der Waals surface area contributed by atoms with Crippen LogP contribution in [0.1, 0.15) is 25.6 Å². The van der Waals surface area contributed by atoms with Crippen LogP contribution < -0.4 is 14.8 Å². The Morgan fingerprint density at radius 3 is 2.62 bits per heavy atom. The highest BCUT2D eigenvalue weighted by Gasteiger charge is 2.29. The van der Waals surface area contributed by atoms with Gasteiger partial charge in [-0.25, -0.2) is 4.99 Å². The molecule has 1 aromatic carbocycles. The van der Waals surface area contributed by atoms with Gasteiger partial charge in [-0.05, 0) is 31.2 Å². The van der Waals surface area contributed by atoms with Crippen molar-refractivity contribution >= 4 is 5.90 Å². The van der Waals surface area contributed by atoms with Crippen molar-refractivity contribution in [3.63, 3.8) is 0 Å². The van der Waals surface area contributed by atoms with Crippen LogP contribution in [0.15, 0.2) is 23.2 Å². The molecule has 0 aromatic heterocycles. The Balaban J connectivity index is 2.24. The molecule has 0 spiro atoms. The van der Waals surface area contributed by atoms with E-state index < -0.39 is 0 Å². The van der Waals surface area contributed by atoms with E-state index in [9.17, 15) is 0 Å². The highest BCUT2D eigenvalue weighted by atomic mass is 16.7. The first kappa shape index (κ1) is 15.6. The molecule has 1 aliphatic heterocycles. The molecule has 0 saturated heterocycles. The van der Waals surface area contributed by atoms with E-state index in [0.29, 0.717) is 23.9 Å². The average molecular weight is 293 g/mol. The first-order valence-corrected chi connectivity index (χ1v) is 7.17. The predicted molar refractivity (Wildman–Crippen MR) is 81.7 cm³/mol. The molecule has 116 valence electrons. The van der Waals surface area contributed by atoms with Crippen LogP contribution in [0.5, 0.6) is 11.5 Å². The van der Waals surface area contributed by atoms with Crippen molar-refractivity contribution in [2.24, 2.45) is 4.99 Å². The zero-order valence-electron chi connectivity index (χ0n) is 13.0. The molecule has 1 heterocycles. The van der Waals surface area contributed by atoms with Crippen molar-refractivity contribution < 1.29 is 14.3 Å². The minimum absolute atomic E-state index is 0.150. The molecule has 0 fully saturated rings. The highest BCUT2D eigenvalue weighted by Crippen LogP contribution is 2.34. The van der Waals surface area contributed by atoms with Crippen LogP contribution in [0, 0.1) is 0 Å². The molecule has 21 heavy (non-hydrogen) atoms. The summed E-state index contributed by atoms with van der Waals surface area (Å²) >= 11 is 0. The lowest BCUT2D eigenvalue weighted by molar-refractivity contribution is -0.0811. The number of benzene rings is 1. The van der Waals surface area contributed by atoms with Crippen LogP contribution >= 0.6 is 0 Å². The van der Waals surface area contributed by atoms with E-state index in [1.807, 2.05) is 30.2 Å². The fourth-order valence-corrected chi connectivity index (χ4v) is 2.21. The van der Waals surface area contributed by atoms with Gasteiger partial charge in [0.15, 0.2) is 17.7 Å². The van der Waals surface area contributed by atoms with E-state index in [-0.39, 0.29) is 6.17 Å². The highest BCUT2D eigenvalue weighted by molar-refractivity contribution is 5.79. The lowest BCUT2D eigenvalue weighted by Crippen LogP contribution is -2.28. The van der Waals surface area contributed by atoms with Crippen LogP contribution in [-0.4, -0.2) is 44.8 Å². The molecule has 0 saturated carbocycles. The Hall–Kier alpha value is -1.79. The summed E-state index contributed by atoms with van der Waals surface area (Å²) in [6.07, 6.45) is -0.150. The van der Waals surface area contributed by atoms with E-state index in [1.54, 1.807) is 14.2 Å². The van der Waals surface area contributed by atoms with Gasteiger partial charge in [-0.3, -0.25) is 0 Å². The molecule has 0 unspecified atom stereocenters. The Labute approximate surface area is 125 Å². The van der Waals surface area contributed by atoms with Gasteiger partial charge in [0, 0.05) is 6.54 Å². The smallest absolute Gasteiger partial charge is 0.225 e. The normalized spacial score (nSPS) is 18.3. The zero-order valence-corrected chi connectivity index (χ0v) is 13.0. The van der Waals surface area contributed by atoms with Crippen LogP contribution in [0.2, 0.25) is 0 Å². The van der Waals surface area contributed by atoms with Crippen molar-refractivity contribution in [3.8, 4) is 11.5 Å². The van der Waals surface area contributed by atoms with Gasteiger partial charge < -0.3 is 19.6 Å². The largest absolute Gasteiger partial charge is 0.493 e. The molecular formula is C15H23N3O3.